The van der Waals surface area contributed by atoms with E-state index in [4.69, 9.17) is 0 Å². The third-order valence-corrected chi connectivity index (χ3v) is 6.59. The van der Waals surface area contributed by atoms with Crippen molar-refractivity contribution in [2.24, 2.45) is 0 Å². The first-order chi connectivity index (χ1) is 17.2. The van der Waals surface area contributed by atoms with E-state index in [1.165, 1.54) is 24.3 Å². The highest BCUT2D eigenvalue weighted by molar-refractivity contribution is 6.32. The van der Waals surface area contributed by atoms with Gasteiger partial charge >= 0.3 is 0 Å². The highest BCUT2D eigenvalue weighted by Crippen LogP contribution is 2.49. The van der Waals surface area contributed by atoms with Crippen molar-refractivity contribution in [2.75, 3.05) is 0 Å². The molecule has 0 fully saturated rings. The lowest BCUT2D eigenvalue weighted by atomic mass is 9.79. The van der Waals surface area contributed by atoms with Gasteiger partial charge in [0.1, 0.15) is 23.0 Å². The van der Waals surface area contributed by atoms with Crippen LogP contribution in [0.5, 0.6) is 23.0 Å². The first-order valence-corrected chi connectivity index (χ1v) is 10.8. The highest BCUT2D eigenvalue weighted by atomic mass is 16.3. The Balaban J connectivity index is 1.62. The van der Waals surface area contributed by atoms with Crippen molar-refractivity contribution in [3.63, 3.8) is 0 Å². The van der Waals surface area contributed by atoms with Crippen molar-refractivity contribution in [3.05, 3.63) is 105 Å². The third-order valence-electron chi connectivity index (χ3n) is 6.59. The molecule has 174 valence electrons. The van der Waals surface area contributed by atoms with E-state index in [9.17, 15) is 39.6 Å². The Hall–Kier alpha value is -5.24. The van der Waals surface area contributed by atoms with Crippen molar-refractivity contribution < 1.29 is 39.6 Å². The maximum Gasteiger partial charge on any atom is 0.198 e. The summed E-state index contributed by atoms with van der Waals surface area (Å²) in [5, 5.41) is 43.6. The quantitative estimate of drug-likeness (QED) is 0.261. The second-order valence-electron chi connectivity index (χ2n) is 8.49. The zero-order valence-electron chi connectivity index (χ0n) is 18.2. The molecule has 4 N–H and O–H groups in total. The van der Waals surface area contributed by atoms with Crippen LogP contribution in [-0.4, -0.2) is 43.6 Å². The van der Waals surface area contributed by atoms with E-state index < -0.39 is 68.4 Å². The molecule has 8 heteroatoms. The average molecular weight is 478 g/mol. The number of hydrogen-bond acceptors (Lipinski definition) is 8. The van der Waals surface area contributed by atoms with E-state index in [2.05, 4.69) is 0 Å². The van der Waals surface area contributed by atoms with E-state index in [-0.39, 0.29) is 33.4 Å². The summed E-state index contributed by atoms with van der Waals surface area (Å²) >= 11 is 0. The van der Waals surface area contributed by atoms with E-state index in [1.54, 1.807) is 24.3 Å². The smallest absolute Gasteiger partial charge is 0.198 e. The number of benzene rings is 4. The molecule has 0 amide bonds. The summed E-state index contributed by atoms with van der Waals surface area (Å²) in [6.07, 6.45) is 0. The Bertz CT molecular complexity index is 1620. The summed E-state index contributed by atoms with van der Waals surface area (Å²) in [7, 11) is 0. The minimum atomic E-state index is -0.736. The van der Waals surface area contributed by atoms with Gasteiger partial charge < -0.3 is 20.4 Å². The number of ketones is 4. The molecule has 8 nitrogen and oxygen atoms in total. The lowest BCUT2D eigenvalue weighted by molar-refractivity contribution is 0.0974. The fourth-order valence-electron chi connectivity index (χ4n) is 4.93. The van der Waals surface area contributed by atoms with Crippen molar-refractivity contribution in [2.45, 2.75) is 0 Å². The van der Waals surface area contributed by atoms with Crippen molar-refractivity contribution in [3.8, 4) is 34.1 Å². The van der Waals surface area contributed by atoms with Crippen LogP contribution in [0.25, 0.3) is 11.1 Å². The van der Waals surface area contributed by atoms with Crippen LogP contribution < -0.4 is 0 Å². The van der Waals surface area contributed by atoms with Gasteiger partial charge in [-0.25, -0.2) is 0 Å². The van der Waals surface area contributed by atoms with Crippen molar-refractivity contribution in [1.82, 2.24) is 0 Å². The molecule has 0 heterocycles. The van der Waals surface area contributed by atoms with E-state index in [0.717, 1.165) is 12.1 Å². The zero-order valence-corrected chi connectivity index (χ0v) is 18.2. The minimum Gasteiger partial charge on any atom is -0.507 e. The molecule has 36 heavy (non-hydrogen) atoms. The Morgan fingerprint density at radius 1 is 0.389 bits per heavy atom. The van der Waals surface area contributed by atoms with Gasteiger partial charge in [-0.05, 0) is 12.1 Å². The summed E-state index contributed by atoms with van der Waals surface area (Å²) in [5.74, 6) is -5.55. The number of phenolic OH excluding ortho intramolecular Hbond substituents is 4. The van der Waals surface area contributed by atoms with Crippen LogP contribution in [0.2, 0.25) is 0 Å². The van der Waals surface area contributed by atoms with Crippen LogP contribution in [0.3, 0.4) is 0 Å². The molecule has 0 atom stereocenters. The Morgan fingerprint density at radius 3 is 0.972 bits per heavy atom. The second-order valence-corrected chi connectivity index (χ2v) is 8.49. The summed E-state index contributed by atoms with van der Waals surface area (Å²) in [5.41, 5.74) is -2.21. The standard InChI is InChI=1S/C28H14O8/c29-17-9-15(27(35)21-19(17)23(31)11-5-1-3-7-13(11)25(21)33)16-10-18(30)20-22(28(16)36)26(34)14-8-4-2-6-12(14)24(20)32/h1-10,29-30,35-36H. The van der Waals surface area contributed by atoms with Crippen LogP contribution in [-0.2, 0) is 0 Å². The molecular weight excluding hydrogens is 464 g/mol. The van der Waals surface area contributed by atoms with Crippen LogP contribution in [0.15, 0.2) is 60.7 Å². The predicted octanol–water partition coefficient (Wildman–Crippen LogP) is 3.73. The fourth-order valence-corrected chi connectivity index (χ4v) is 4.93. The number of phenols is 4. The second kappa shape index (κ2) is 7.13. The number of fused-ring (bicyclic) bond motifs is 4. The van der Waals surface area contributed by atoms with Crippen LogP contribution in [0.1, 0.15) is 63.7 Å². The monoisotopic (exact) mass is 478 g/mol. The zero-order chi connectivity index (χ0) is 25.5. The number of carbonyl (C=O) groups is 4. The van der Waals surface area contributed by atoms with Gasteiger partial charge in [0.25, 0.3) is 0 Å². The summed E-state index contributed by atoms with van der Waals surface area (Å²) in [6.45, 7) is 0. The molecule has 0 saturated carbocycles. The highest BCUT2D eigenvalue weighted by Gasteiger charge is 2.39. The summed E-state index contributed by atoms with van der Waals surface area (Å²) in [4.78, 5) is 52.4. The van der Waals surface area contributed by atoms with Gasteiger partial charge in [0.15, 0.2) is 23.1 Å². The maximum atomic E-state index is 13.2. The molecule has 0 saturated heterocycles. The van der Waals surface area contributed by atoms with Gasteiger partial charge in [-0.1, -0.05) is 48.5 Å². The predicted molar refractivity (Wildman–Crippen MR) is 125 cm³/mol. The normalized spacial score (nSPS) is 13.7. The summed E-state index contributed by atoms with van der Waals surface area (Å²) in [6, 6.07) is 13.8. The summed E-state index contributed by atoms with van der Waals surface area (Å²) < 4.78 is 0. The van der Waals surface area contributed by atoms with Crippen LogP contribution >= 0.6 is 0 Å². The minimum absolute atomic E-state index is 0.0248. The Labute approximate surface area is 202 Å². The molecule has 0 aromatic heterocycles. The van der Waals surface area contributed by atoms with E-state index >= 15 is 0 Å². The Morgan fingerprint density at radius 2 is 0.667 bits per heavy atom. The van der Waals surface area contributed by atoms with Crippen molar-refractivity contribution >= 4 is 23.1 Å². The van der Waals surface area contributed by atoms with E-state index in [0.29, 0.717) is 0 Å². The molecular formula is C28H14O8. The topological polar surface area (TPSA) is 149 Å². The largest absolute Gasteiger partial charge is 0.507 e. The SMILES string of the molecule is O=C1c2ccccc2C(=O)c2c(O)c(-c3cc(O)c4c(c3O)C(=O)c3ccccc3C4=O)cc(O)c21. The molecule has 0 radical (unpaired) electrons. The van der Waals surface area contributed by atoms with Gasteiger partial charge in [0.2, 0.25) is 0 Å². The molecule has 0 aliphatic heterocycles. The number of carbonyl (C=O) groups excluding carboxylic acids is 4. The molecule has 4 aromatic carbocycles. The maximum absolute atomic E-state index is 13.2. The molecule has 0 unspecified atom stereocenters. The molecule has 6 rings (SSSR count). The van der Waals surface area contributed by atoms with E-state index in [1.807, 2.05) is 0 Å². The number of hydrogen-bond donors (Lipinski definition) is 4. The number of aromatic hydroxyl groups is 4. The first kappa shape index (κ1) is 21.3. The number of rotatable bonds is 1. The fraction of sp³-hybridized carbons (Fsp3) is 0. The van der Waals surface area contributed by atoms with Gasteiger partial charge in [0, 0.05) is 33.4 Å². The Kier molecular flexibility index (Phi) is 4.22. The average Bonchev–Trinajstić information content (AvgIpc) is 2.88. The lowest BCUT2D eigenvalue weighted by Crippen LogP contribution is -2.22. The van der Waals surface area contributed by atoms with Gasteiger partial charge in [0.05, 0.1) is 22.3 Å². The molecule has 2 aliphatic rings. The molecule has 0 spiro atoms. The third kappa shape index (κ3) is 2.58. The van der Waals surface area contributed by atoms with Crippen LogP contribution in [0, 0.1) is 0 Å². The van der Waals surface area contributed by atoms with Gasteiger partial charge in [-0.3, -0.25) is 19.2 Å². The lowest BCUT2D eigenvalue weighted by Gasteiger charge is -2.23. The van der Waals surface area contributed by atoms with Gasteiger partial charge in [-0.2, -0.15) is 0 Å². The molecule has 4 aromatic rings. The van der Waals surface area contributed by atoms with Gasteiger partial charge in [-0.15, -0.1) is 0 Å². The molecule has 2 aliphatic carbocycles. The first-order valence-electron chi connectivity index (χ1n) is 10.8. The molecule has 0 bridgehead atoms. The van der Waals surface area contributed by atoms with Crippen molar-refractivity contribution in [1.29, 1.82) is 0 Å². The van der Waals surface area contributed by atoms with Crippen LogP contribution in [0.4, 0.5) is 0 Å².